The van der Waals surface area contributed by atoms with Crippen molar-refractivity contribution < 1.29 is 14.3 Å². The van der Waals surface area contributed by atoms with Crippen LogP contribution in [0.15, 0.2) is 17.1 Å². The summed E-state index contributed by atoms with van der Waals surface area (Å²) in [5.41, 5.74) is 5.50. The van der Waals surface area contributed by atoms with Crippen molar-refractivity contribution in [2.75, 3.05) is 23.7 Å². The zero-order valence-corrected chi connectivity index (χ0v) is 15.3. The first-order chi connectivity index (χ1) is 12.8. The fourth-order valence-corrected chi connectivity index (χ4v) is 4.06. The number of fused-ring (bicyclic) bond motifs is 1. The van der Waals surface area contributed by atoms with Gasteiger partial charge in [-0.2, -0.15) is 0 Å². The van der Waals surface area contributed by atoms with E-state index in [1.165, 1.54) is 6.20 Å². The molecule has 0 spiro atoms. The molecule has 1 aliphatic carbocycles. The maximum atomic E-state index is 15.1. The largest absolute Gasteiger partial charge is 0.477 e. The molecule has 2 fully saturated rings. The summed E-state index contributed by atoms with van der Waals surface area (Å²) in [5, 5.41) is 12.7. The van der Waals surface area contributed by atoms with Crippen LogP contribution in [0.2, 0.25) is 0 Å². The molecule has 1 saturated carbocycles. The van der Waals surface area contributed by atoms with Gasteiger partial charge in [0.2, 0.25) is 5.43 Å². The number of halogens is 1. The van der Waals surface area contributed by atoms with Gasteiger partial charge in [-0.3, -0.25) is 4.79 Å². The van der Waals surface area contributed by atoms with Crippen molar-refractivity contribution in [3.05, 3.63) is 33.9 Å². The number of aromatic carboxylic acids is 1. The minimum atomic E-state index is -1.33. The second kappa shape index (κ2) is 6.23. The molecule has 4 N–H and O–H groups in total. The van der Waals surface area contributed by atoms with Gasteiger partial charge < -0.3 is 25.6 Å². The highest BCUT2D eigenvalue weighted by Gasteiger charge is 2.30. The topological polar surface area (TPSA) is 101 Å². The van der Waals surface area contributed by atoms with E-state index in [-0.39, 0.29) is 34.8 Å². The predicted molar refractivity (Wildman–Crippen MR) is 102 cm³/mol. The van der Waals surface area contributed by atoms with Crippen LogP contribution in [-0.2, 0) is 0 Å². The van der Waals surface area contributed by atoms with Crippen LogP contribution in [0.4, 0.5) is 15.8 Å². The van der Waals surface area contributed by atoms with Crippen molar-refractivity contribution in [2.24, 2.45) is 0 Å². The number of aromatic nitrogens is 1. The average molecular weight is 374 g/mol. The Labute approximate surface area is 155 Å². The summed E-state index contributed by atoms with van der Waals surface area (Å²) in [6, 6.07) is 2.14. The van der Waals surface area contributed by atoms with Crippen molar-refractivity contribution in [2.45, 2.75) is 44.8 Å². The smallest absolute Gasteiger partial charge is 0.341 e. The third kappa shape index (κ3) is 2.93. The molecule has 1 saturated heterocycles. The lowest BCUT2D eigenvalue weighted by atomic mass is 10.0. The number of anilines is 2. The van der Waals surface area contributed by atoms with E-state index >= 15 is 4.39 Å². The lowest BCUT2D eigenvalue weighted by Gasteiger charge is -2.38. The minimum absolute atomic E-state index is 0.0423. The Hall–Kier alpha value is -2.61. The number of benzene rings is 1. The van der Waals surface area contributed by atoms with E-state index < -0.39 is 17.2 Å². The van der Waals surface area contributed by atoms with Gasteiger partial charge in [-0.25, -0.2) is 9.18 Å². The minimum Gasteiger partial charge on any atom is -0.477 e. The molecule has 4 rings (SSSR count). The highest BCUT2D eigenvalue weighted by molar-refractivity contribution is 5.99. The number of rotatable bonds is 3. The van der Waals surface area contributed by atoms with Gasteiger partial charge in [0.05, 0.1) is 22.3 Å². The molecule has 1 aliphatic heterocycles. The maximum Gasteiger partial charge on any atom is 0.341 e. The Balaban J connectivity index is 1.97. The summed E-state index contributed by atoms with van der Waals surface area (Å²) in [6.45, 7) is 5.30. The second-order valence-electron chi connectivity index (χ2n) is 7.71. The molecule has 7 nitrogen and oxygen atoms in total. The van der Waals surface area contributed by atoms with Crippen LogP contribution in [0.1, 0.15) is 43.1 Å². The fourth-order valence-electron chi connectivity index (χ4n) is 4.06. The lowest BCUT2D eigenvalue weighted by molar-refractivity contribution is 0.0695. The molecule has 0 radical (unpaired) electrons. The Morgan fingerprint density at radius 1 is 1.30 bits per heavy atom. The molecular weight excluding hydrogens is 351 g/mol. The Kier molecular flexibility index (Phi) is 4.10. The number of carboxylic acid groups (broad SMARTS) is 1. The van der Waals surface area contributed by atoms with Crippen LogP contribution in [0.5, 0.6) is 0 Å². The van der Waals surface area contributed by atoms with Gasteiger partial charge in [-0.15, -0.1) is 0 Å². The van der Waals surface area contributed by atoms with Crippen LogP contribution in [0.3, 0.4) is 0 Å². The zero-order valence-electron chi connectivity index (χ0n) is 15.3. The van der Waals surface area contributed by atoms with Crippen LogP contribution in [0, 0.1) is 5.82 Å². The van der Waals surface area contributed by atoms with Crippen LogP contribution >= 0.6 is 0 Å². The zero-order chi connectivity index (χ0) is 19.5. The van der Waals surface area contributed by atoms with Crippen LogP contribution in [0.25, 0.3) is 10.9 Å². The van der Waals surface area contributed by atoms with Gasteiger partial charge in [-0.1, -0.05) is 0 Å². The van der Waals surface area contributed by atoms with Gasteiger partial charge in [0.25, 0.3) is 0 Å². The third-order valence-corrected chi connectivity index (χ3v) is 5.35. The molecule has 2 atom stereocenters. The first-order valence-corrected chi connectivity index (χ1v) is 9.19. The fraction of sp³-hybridized carbons (Fsp3) is 0.474. The summed E-state index contributed by atoms with van der Waals surface area (Å²) in [7, 11) is 0. The van der Waals surface area contributed by atoms with E-state index in [1.54, 1.807) is 10.6 Å². The van der Waals surface area contributed by atoms with Gasteiger partial charge in [-0.05, 0) is 32.8 Å². The normalized spacial score (nSPS) is 23.0. The molecule has 8 heteroatoms. The first-order valence-electron chi connectivity index (χ1n) is 9.19. The van der Waals surface area contributed by atoms with Crippen molar-refractivity contribution >= 4 is 28.2 Å². The quantitative estimate of drug-likeness (QED) is 0.710. The molecule has 144 valence electrons. The number of carboxylic acids is 1. The predicted octanol–water partition coefficient (Wildman–Crippen LogP) is 1.94. The van der Waals surface area contributed by atoms with E-state index in [1.807, 2.05) is 18.7 Å². The maximum absolute atomic E-state index is 15.1. The third-order valence-electron chi connectivity index (χ3n) is 5.35. The second-order valence-corrected chi connectivity index (χ2v) is 7.71. The number of nitrogens with zero attached hydrogens (tertiary/aromatic N) is 2. The van der Waals surface area contributed by atoms with Gasteiger partial charge >= 0.3 is 5.97 Å². The first kappa shape index (κ1) is 17.8. The van der Waals surface area contributed by atoms with Gasteiger partial charge in [0, 0.05) is 37.4 Å². The SMILES string of the molecule is C[C@@H]1CN(c2cc3c(c(N)c2F)c(=O)c(C(=O)O)cn3C2CC2)C[C@H](C)N1. The van der Waals surface area contributed by atoms with E-state index in [2.05, 4.69) is 5.32 Å². The van der Waals surface area contributed by atoms with Crippen molar-refractivity contribution in [1.29, 1.82) is 0 Å². The molecule has 1 aromatic carbocycles. The monoisotopic (exact) mass is 374 g/mol. The van der Waals surface area contributed by atoms with Crippen molar-refractivity contribution in [3.8, 4) is 0 Å². The highest BCUT2D eigenvalue weighted by Crippen LogP contribution is 2.40. The highest BCUT2D eigenvalue weighted by atomic mass is 19.1. The van der Waals surface area contributed by atoms with E-state index in [9.17, 15) is 14.7 Å². The molecule has 2 aliphatic rings. The van der Waals surface area contributed by atoms with Crippen molar-refractivity contribution in [1.82, 2.24) is 9.88 Å². The molecule has 1 aromatic heterocycles. The standard InChI is InChI=1S/C19H23FN4O3/c1-9-6-23(7-10(2)22-9)14-5-13-15(17(21)16(14)20)18(25)12(19(26)27)8-24(13)11-3-4-11/h5,8-11,22H,3-4,6-7,21H2,1-2H3,(H,26,27)/t9-,10+. The number of hydrogen-bond acceptors (Lipinski definition) is 5. The summed E-state index contributed by atoms with van der Waals surface area (Å²) >= 11 is 0. The number of pyridine rings is 1. The van der Waals surface area contributed by atoms with Crippen LogP contribution < -0.4 is 21.4 Å². The van der Waals surface area contributed by atoms with Gasteiger partial charge in [0.15, 0.2) is 5.82 Å². The molecule has 27 heavy (non-hydrogen) atoms. The number of nitrogens with one attached hydrogen (secondary N) is 1. The molecule has 0 unspecified atom stereocenters. The average Bonchev–Trinajstić information content (AvgIpc) is 3.41. The lowest BCUT2D eigenvalue weighted by Crippen LogP contribution is -2.54. The molecule has 0 bridgehead atoms. The number of hydrogen-bond donors (Lipinski definition) is 3. The Morgan fingerprint density at radius 2 is 1.93 bits per heavy atom. The van der Waals surface area contributed by atoms with E-state index in [4.69, 9.17) is 5.73 Å². The van der Waals surface area contributed by atoms with Crippen LogP contribution in [-0.4, -0.2) is 40.8 Å². The number of nitrogen functional groups attached to an aromatic ring is 1. The molecular formula is C19H23FN4O3. The van der Waals surface area contributed by atoms with Gasteiger partial charge in [0.1, 0.15) is 5.56 Å². The molecule has 2 heterocycles. The number of carbonyl (C=O) groups is 1. The number of piperazine rings is 1. The molecule has 2 aromatic rings. The van der Waals surface area contributed by atoms with E-state index in [0.717, 1.165) is 12.8 Å². The summed E-state index contributed by atoms with van der Waals surface area (Å²) in [5.74, 6) is -1.99. The van der Waals surface area contributed by atoms with Crippen molar-refractivity contribution in [3.63, 3.8) is 0 Å². The number of nitrogens with two attached hydrogens (primary N) is 1. The Bertz CT molecular complexity index is 989. The van der Waals surface area contributed by atoms with E-state index in [0.29, 0.717) is 24.3 Å². The molecule has 0 amide bonds. The summed E-state index contributed by atoms with van der Waals surface area (Å²) in [6.07, 6.45) is 3.16. The summed E-state index contributed by atoms with van der Waals surface area (Å²) in [4.78, 5) is 26.1. The Morgan fingerprint density at radius 3 is 2.48 bits per heavy atom. The summed E-state index contributed by atoms with van der Waals surface area (Å²) < 4.78 is 16.9.